The van der Waals surface area contributed by atoms with Crippen molar-refractivity contribution in [3.05, 3.63) is 73.8 Å². The molecule has 0 aliphatic carbocycles. The summed E-state index contributed by atoms with van der Waals surface area (Å²) in [7, 11) is 2.02. The average molecular weight is 532 g/mol. The first-order chi connectivity index (χ1) is 17.3. The van der Waals surface area contributed by atoms with Crippen LogP contribution in [-0.2, 0) is 0 Å². The number of hydrogen-bond donors (Lipinski definition) is 2. The molecule has 8 heteroatoms. The van der Waals surface area contributed by atoms with Crippen molar-refractivity contribution in [3.8, 4) is 12.5 Å². The van der Waals surface area contributed by atoms with Crippen molar-refractivity contribution in [2.24, 2.45) is 5.92 Å². The van der Waals surface area contributed by atoms with Crippen molar-refractivity contribution in [1.29, 1.82) is 0 Å². The van der Waals surface area contributed by atoms with Gasteiger partial charge in [-0.25, -0.2) is 4.39 Å². The maximum atomic E-state index is 13.3. The Bertz CT molecular complexity index is 707. The van der Waals surface area contributed by atoms with Gasteiger partial charge in [-0.3, -0.25) is 4.90 Å². The minimum absolute atomic E-state index is 0.199. The quantitative estimate of drug-likeness (QED) is 0.0844. The van der Waals surface area contributed by atoms with Gasteiger partial charge in [0.1, 0.15) is 11.9 Å². The molecule has 0 saturated carbocycles. The molecule has 0 fully saturated rings. The average Bonchev–Trinajstić information content (AvgIpc) is 2.81. The zero-order valence-electron chi connectivity index (χ0n) is 23.8. The van der Waals surface area contributed by atoms with Crippen molar-refractivity contribution in [2.75, 3.05) is 33.4 Å². The monoisotopic (exact) mass is 531 g/mol. The van der Waals surface area contributed by atoms with Crippen molar-refractivity contribution in [2.45, 2.75) is 60.2 Å². The van der Waals surface area contributed by atoms with Crippen LogP contribution in [0, 0.1) is 18.4 Å². The van der Waals surface area contributed by atoms with E-state index in [9.17, 15) is 17.6 Å². The van der Waals surface area contributed by atoms with Gasteiger partial charge in [0, 0.05) is 19.1 Å². The summed E-state index contributed by atoms with van der Waals surface area (Å²) < 4.78 is 51.6. The molecule has 2 N–H and O–H groups in total. The summed E-state index contributed by atoms with van der Waals surface area (Å²) in [5, 5.41) is 9.90. The van der Waals surface area contributed by atoms with Crippen LogP contribution in [0.15, 0.2) is 73.8 Å². The molecule has 0 saturated heterocycles. The molecule has 0 heterocycles. The lowest BCUT2D eigenvalue weighted by Gasteiger charge is -2.31. The number of halogens is 4. The summed E-state index contributed by atoms with van der Waals surface area (Å²) in [6.45, 7) is 25.4. The van der Waals surface area contributed by atoms with E-state index >= 15 is 0 Å². The zero-order valence-corrected chi connectivity index (χ0v) is 23.8. The molecule has 0 bridgehead atoms. The first-order valence-electron chi connectivity index (χ1n) is 12.2. The summed E-state index contributed by atoms with van der Waals surface area (Å²) in [4.78, 5) is 4.28. The van der Waals surface area contributed by atoms with Gasteiger partial charge in [-0.2, -0.15) is 13.2 Å². The van der Waals surface area contributed by atoms with Crippen molar-refractivity contribution < 1.29 is 22.7 Å². The summed E-state index contributed by atoms with van der Waals surface area (Å²) in [5.41, 5.74) is -1.35. The number of terminal acetylenes is 1. The third kappa shape index (κ3) is 27.7. The third-order valence-electron chi connectivity index (χ3n) is 4.34. The zero-order chi connectivity index (χ0) is 29.9. The minimum Gasteiger partial charge on any atom is -0.462 e. The van der Waals surface area contributed by atoms with E-state index in [1.54, 1.807) is 6.08 Å². The predicted octanol–water partition coefficient (Wildman–Crippen LogP) is 7.60. The second-order valence-corrected chi connectivity index (χ2v) is 7.94. The molecular weight excluding hydrogens is 482 g/mol. The van der Waals surface area contributed by atoms with Crippen molar-refractivity contribution >= 4 is 0 Å². The number of alkyl halides is 3. The highest BCUT2D eigenvalue weighted by molar-refractivity contribution is 5.31. The van der Waals surface area contributed by atoms with Crippen LogP contribution in [0.4, 0.5) is 17.6 Å². The Labute approximate surface area is 223 Å². The Kier molecular flexibility index (Phi) is 31.1. The van der Waals surface area contributed by atoms with Gasteiger partial charge in [0.05, 0.1) is 12.2 Å². The topological polar surface area (TPSA) is 38.7 Å². The number of nitrogens with zero attached hydrogens (tertiary/aromatic N) is 2. The molecule has 0 spiro atoms. The molecule has 2 unspecified atom stereocenters. The van der Waals surface area contributed by atoms with E-state index < -0.39 is 17.6 Å². The number of hydrogen-bond acceptors (Lipinski definition) is 4. The Morgan fingerprint density at radius 2 is 1.65 bits per heavy atom. The Hall–Kier alpha value is -2.76. The van der Waals surface area contributed by atoms with Gasteiger partial charge in [-0.1, -0.05) is 78.0 Å². The Balaban J connectivity index is -0.000000415. The molecule has 4 nitrogen and oxygen atoms in total. The predicted molar refractivity (Wildman–Crippen MR) is 152 cm³/mol. The van der Waals surface area contributed by atoms with E-state index in [1.165, 1.54) is 12.5 Å². The number of nitrogens with one attached hydrogen (secondary N) is 1. The number of rotatable bonds is 13. The largest absolute Gasteiger partial charge is 0.462 e. The summed E-state index contributed by atoms with van der Waals surface area (Å²) >= 11 is 0. The molecule has 0 amide bonds. The number of aliphatic hydroxyl groups excluding tert-OH is 1. The fourth-order valence-electron chi connectivity index (χ4n) is 2.65. The lowest BCUT2D eigenvalue weighted by Crippen LogP contribution is -2.45. The molecule has 0 aliphatic rings. The Morgan fingerprint density at radius 3 is 1.97 bits per heavy atom. The van der Waals surface area contributed by atoms with Crippen LogP contribution in [0.1, 0.15) is 48.0 Å². The van der Waals surface area contributed by atoms with Crippen LogP contribution in [-0.4, -0.2) is 60.5 Å². The summed E-state index contributed by atoms with van der Waals surface area (Å²) in [5.74, 6) is -1.01. The Morgan fingerprint density at radius 1 is 1.14 bits per heavy atom. The van der Waals surface area contributed by atoms with E-state index in [4.69, 9.17) is 5.11 Å². The maximum Gasteiger partial charge on any atom is 0.419 e. The lowest BCUT2D eigenvalue weighted by molar-refractivity contribution is -0.0897. The first-order valence-corrected chi connectivity index (χ1v) is 12.2. The highest BCUT2D eigenvalue weighted by Gasteiger charge is 2.34. The fourth-order valence-corrected chi connectivity index (χ4v) is 2.65. The van der Waals surface area contributed by atoms with Crippen LogP contribution in [0.2, 0.25) is 0 Å². The molecule has 0 radical (unpaired) electrons. The van der Waals surface area contributed by atoms with Crippen molar-refractivity contribution in [1.82, 2.24) is 15.1 Å². The molecule has 0 aromatic rings. The van der Waals surface area contributed by atoms with E-state index in [-0.39, 0.29) is 6.04 Å². The molecule has 37 heavy (non-hydrogen) atoms. The lowest BCUT2D eigenvalue weighted by atomic mass is 10.1. The molecule has 214 valence electrons. The summed E-state index contributed by atoms with van der Waals surface area (Å²) in [6, 6.07) is 0.199. The smallest absolute Gasteiger partial charge is 0.419 e. The van der Waals surface area contributed by atoms with Gasteiger partial charge in [0.2, 0.25) is 0 Å². The van der Waals surface area contributed by atoms with E-state index in [2.05, 4.69) is 69.0 Å². The molecular formula is C29H49F4N3O. The van der Waals surface area contributed by atoms with Gasteiger partial charge >= 0.3 is 6.18 Å². The van der Waals surface area contributed by atoms with E-state index in [0.29, 0.717) is 24.7 Å². The third-order valence-corrected chi connectivity index (χ3v) is 4.34. The molecule has 0 aromatic heterocycles. The first kappa shape index (κ1) is 41.4. The minimum atomic E-state index is -4.77. The van der Waals surface area contributed by atoms with Crippen LogP contribution >= 0.6 is 0 Å². The molecule has 2 atom stereocenters. The summed E-state index contributed by atoms with van der Waals surface area (Å²) in [6.07, 6.45) is 11.7. The fraction of sp³-hybridized carbons (Fsp3) is 0.517. The normalized spacial score (nSPS) is 13.1. The highest BCUT2D eigenvalue weighted by atomic mass is 19.4. The van der Waals surface area contributed by atoms with Gasteiger partial charge in [-0.15, -0.1) is 6.58 Å². The SMILES string of the molecule is C#CO.C=C/C(F)=C(\C=C\NCN(CC)C(C)CN(C)CC(C)C=C)C(F)(F)F.C=C/C=C\C.CCC. The van der Waals surface area contributed by atoms with Gasteiger partial charge in [0.25, 0.3) is 0 Å². The van der Waals surface area contributed by atoms with Crippen molar-refractivity contribution in [3.63, 3.8) is 0 Å². The maximum absolute atomic E-state index is 13.3. The van der Waals surface area contributed by atoms with E-state index in [1.807, 2.05) is 39.1 Å². The van der Waals surface area contributed by atoms with Crippen LogP contribution in [0.5, 0.6) is 0 Å². The van der Waals surface area contributed by atoms with Crippen LogP contribution in [0.25, 0.3) is 0 Å². The molecule has 0 rings (SSSR count). The van der Waals surface area contributed by atoms with Gasteiger partial charge in [0.15, 0.2) is 0 Å². The van der Waals surface area contributed by atoms with Gasteiger partial charge < -0.3 is 15.3 Å². The number of likely N-dealkylation sites (N-methyl/N-ethyl adjacent to an activating group) is 2. The second-order valence-electron chi connectivity index (χ2n) is 7.94. The van der Waals surface area contributed by atoms with E-state index in [0.717, 1.165) is 25.8 Å². The van der Waals surface area contributed by atoms with Crippen LogP contribution in [0.3, 0.4) is 0 Å². The highest BCUT2D eigenvalue weighted by Crippen LogP contribution is 2.30. The van der Waals surface area contributed by atoms with Crippen LogP contribution < -0.4 is 5.32 Å². The van der Waals surface area contributed by atoms with Gasteiger partial charge in [-0.05, 0) is 51.7 Å². The molecule has 0 aliphatic heterocycles. The standard InChI is InChI=1S/C19H31F4N3.C5H8.C3H8.C2H2O/c1-7-15(4)12-25(6)13-16(5)26(9-3)14-24-11-10-17(18(20)8-2)19(21,22)23;1-3-5-4-2;1-3-2;1-2-3/h7-8,10-11,15-16,24H,1-2,9,12-14H2,3-6H3;3-5H,1H2,2H3;3H2,1-2H3;1,3H/b11-10+,18-17-;5-4-;;. The number of allylic oxidation sites excluding steroid dienone is 7. The second kappa shape index (κ2) is 27.8. The molecule has 0 aromatic carbocycles. The number of aliphatic hydroxyl groups is 1.